The predicted molar refractivity (Wildman–Crippen MR) is 71.7 cm³/mol. The van der Waals surface area contributed by atoms with E-state index in [1.165, 1.54) is 0 Å². The molecule has 0 saturated heterocycles. The van der Waals surface area contributed by atoms with Crippen molar-refractivity contribution in [2.24, 2.45) is 5.73 Å². The minimum Gasteiger partial charge on any atom is -0.480 e. The number of hydrogen-bond donors (Lipinski definition) is 2. The van der Waals surface area contributed by atoms with Crippen molar-refractivity contribution >= 4 is 18.4 Å². The van der Waals surface area contributed by atoms with Crippen molar-refractivity contribution in [1.29, 1.82) is 0 Å². The molecule has 3 nitrogen and oxygen atoms in total. The Morgan fingerprint density at radius 2 is 1.88 bits per heavy atom. The zero-order valence-corrected chi connectivity index (χ0v) is 11.3. The Balaban J connectivity index is 0.00000256. The number of nitrogens with two attached hydrogens (primary N) is 1. The van der Waals surface area contributed by atoms with Gasteiger partial charge in [0.25, 0.3) is 0 Å². The Bertz CT molecular complexity index is 385. The second-order valence-corrected chi connectivity index (χ2v) is 5.06. The fourth-order valence-corrected chi connectivity index (χ4v) is 1.75. The van der Waals surface area contributed by atoms with E-state index in [0.29, 0.717) is 6.42 Å². The SMILES string of the molecule is CC(C)(C)c1ccccc1CC(N)C(=O)O.Cl. The number of hydrogen-bond acceptors (Lipinski definition) is 2. The van der Waals surface area contributed by atoms with E-state index in [1.807, 2.05) is 24.3 Å². The van der Waals surface area contributed by atoms with E-state index >= 15 is 0 Å². The van der Waals surface area contributed by atoms with Crippen molar-refractivity contribution in [3.63, 3.8) is 0 Å². The third-order valence-corrected chi connectivity index (χ3v) is 2.58. The summed E-state index contributed by atoms with van der Waals surface area (Å²) in [5.41, 5.74) is 7.75. The van der Waals surface area contributed by atoms with E-state index in [9.17, 15) is 4.79 Å². The van der Waals surface area contributed by atoms with Gasteiger partial charge in [-0.1, -0.05) is 45.0 Å². The molecule has 96 valence electrons. The Labute approximate surface area is 108 Å². The molecule has 0 aromatic heterocycles. The smallest absolute Gasteiger partial charge is 0.320 e. The molecule has 0 spiro atoms. The molecule has 1 rings (SSSR count). The molecule has 0 amide bonds. The highest BCUT2D eigenvalue weighted by atomic mass is 35.5. The van der Waals surface area contributed by atoms with Crippen LogP contribution in [0.15, 0.2) is 24.3 Å². The van der Waals surface area contributed by atoms with Crippen LogP contribution in [0, 0.1) is 0 Å². The van der Waals surface area contributed by atoms with Gasteiger partial charge in [0.2, 0.25) is 0 Å². The van der Waals surface area contributed by atoms with Crippen LogP contribution in [-0.4, -0.2) is 17.1 Å². The lowest BCUT2D eigenvalue weighted by Gasteiger charge is -2.23. The second kappa shape index (κ2) is 6.03. The summed E-state index contributed by atoms with van der Waals surface area (Å²) in [7, 11) is 0. The summed E-state index contributed by atoms with van der Waals surface area (Å²) < 4.78 is 0. The van der Waals surface area contributed by atoms with Crippen molar-refractivity contribution in [3.8, 4) is 0 Å². The second-order valence-electron chi connectivity index (χ2n) is 5.06. The van der Waals surface area contributed by atoms with Crippen molar-refractivity contribution in [1.82, 2.24) is 0 Å². The minimum absolute atomic E-state index is 0. The van der Waals surface area contributed by atoms with E-state index < -0.39 is 12.0 Å². The molecule has 1 unspecified atom stereocenters. The lowest BCUT2D eigenvalue weighted by molar-refractivity contribution is -0.138. The molecule has 17 heavy (non-hydrogen) atoms. The molecule has 0 aliphatic carbocycles. The average Bonchev–Trinajstić information content (AvgIpc) is 2.16. The fourth-order valence-electron chi connectivity index (χ4n) is 1.75. The first-order valence-electron chi connectivity index (χ1n) is 5.39. The molecule has 1 aromatic rings. The Morgan fingerprint density at radius 1 is 1.35 bits per heavy atom. The van der Waals surface area contributed by atoms with E-state index in [2.05, 4.69) is 20.8 Å². The van der Waals surface area contributed by atoms with Gasteiger partial charge in [0.15, 0.2) is 0 Å². The first-order chi connectivity index (χ1) is 7.32. The lowest BCUT2D eigenvalue weighted by Crippen LogP contribution is -2.33. The summed E-state index contributed by atoms with van der Waals surface area (Å²) in [4.78, 5) is 10.7. The maximum atomic E-state index is 10.7. The number of carboxylic acids is 1. The molecule has 3 N–H and O–H groups in total. The summed E-state index contributed by atoms with van der Waals surface area (Å²) in [6.45, 7) is 6.33. The van der Waals surface area contributed by atoms with Crippen LogP contribution in [0.4, 0.5) is 0 Å². The zero-order valence-electron chi connectivity index (χ0n) is 10.4. The monoisotopic (exact) mass is 257 g/mol. The van der Waals surface area contributed by atoms with Crippen LogP contribution < -0.4 is 5.73 Å². The minimum atomic E-state index is -0.955. The van der Waals surface area contributed by atoms with Gasteiger partial charge in [-0.05, 0) is 23.0 Å². The quantitative estimate of drug-likeness (QED) is 0.874. The number of halogens is 1. The molecule has 0 saturated carbocycles. The molecule has 0 radical (unpaired) electrons. The van der Waals surface area contributed by atoms with Gasteiger partial charge in [0.05, 0.1) is 0 Å². The van der Waals surface area contributed by atoms with Crippen molar-refractivity contribution in [3.05, 3.63) is 35.4 Å². The number of benzene rings is 1. The molecule has 0 heterocycles. The van der Waals surface area contributed by atoms with Crippen LogP contribution in [0.1, 0.15) is 31.9 Å². The van der Waals surface area contributed by atoms with Crippen LogP contribution in [0.5, 0.6) is 0 Å². The molecule has 0 bridgehead atoms. The standard InChI is InChI=1S/C13H19NO2.ClH/c1-13(2,3)10-7-5-4-6-9(10)8-11(14)12(15)16;/h4-7,11H,8,14H2,1-3H3,(H,15,16);1H. The highest BCUT2D eigenvalue weighted by molar-refractivity contribution is 5.85. The normalized spacial score (nSPS) is 12.7. The van der Waals surface area contributed by atoms with Crippen LogP contribution in [-0.2, 0) is 16.6 Å². The summed E-state index contributed by atoms with van der Waals surface area (Å²) >= 11 is 0. The predicted octanol–water partition coefficient (Wildman–Crippen LogP) is 2.36. The van der Waals surface area contributed by atoms with Gasteiger partial charge in [-0.15, -0.1) is 12.4 Å². The first kappa shape index (κ1) is 15.9. The maximum absolute atomic E-state index is 10.7. The van der Waals surface area contributed by atoms with E-state index in [4.69, 9.17) is 10.8 Å². The Morgan fingerprint density at radius 3 is 2.35 bits per heavy atom. The third kappa shape index (κ3) is 4.36. The average molecular weight is 258 g/mol. The van der Waals surface area contributed by atoms with Gasteiger partial charge in [-0.3, -0.25) is 4.79 Å². The van der Waals surface area contributed by atoms with Crippen LogP contribution >= 0.6 is 12.4 Å². The Kier molecular flexibility index (Phi) is 5.66. The molecular weight excluding hydrogens is 238 g/mol. The summed E-state index contributed by atoms with van der Waals surface area (Å²) in [6.07, 6.45) is 0.378. The highest BCUT2D eigenvalue weighted by Gasteiger charge is 2.20. The zero-order chi connectivity index (χ0) is 12.3. The van der Waals surface area contributed by atoms with Crippen LogP contribution in [0.2, 0.25) is 0 Å². The third-order valence-electron chi connectivity index (χ3n) is 2.58. The number of rotatable bonds is 3. The van der Waals surface area contributed by atoms with Gasteiger partial charge in [0.1, 0.15) is 6.04 Å². The molecule has 1 atom stereocenters. The van der Waals surface area contributed by atoms with Crippen LogP contribution in [0.25, 0.3) is 0 Å². The largest absolute Gasteiger partial charge is 0.480 e. The van der Waals surface area contributed by atoms with Gasteiger partial charge < -0.3 is 10.8 Å². The summed E-state index contributed by atoms with van der Waals surface area (Å²) in [5.74, 6) is -0.955. The van der Waals surface area contributed by atoms with E-state index in [1.54, 1.807) is 0 Å². The lowest BCUT2D eigenvalue weighted by atomic mass is 9.82. The number of carboxylic acid groups (broad SMARTS) is 1. The molecule has 4 heteroatoms. The van der Waals surface area contributed by atoms with E-state index in [-0.39, 0.29) is 17.8 Å². The topological polar surface area (TPSA) is 63.3 Å². The van der Waals surface area contributed by atoms with Gasteiger partial charge in [-0.2, -0.15) is 0 Å². The molecule has 0 fully saturated rings. The van der Waals surface area contributed by atoms with E-state index in [0.717, 1.165) is 11.1 Å². The van der Waals surface area contributed by atoms with Crippen molar-refractivity contribution < 1.29 is 9.90 Å². The number of aliphatic carboxylic acids is 1. The molecular formula is C13H20ClNO2. The highest BCUT2D eigenvalue weighted by Crippen LogP contribution is 2.26. The van der Waals surface area contributed by atoms with Gasteiger partial charge in [-0.25, -0.2) is 0 Å². The summed E-state index contributed by atoms with van der Waals surface area (Å²) in [6, 6.07) is 7.03. The Hall–Kier alpha value is -1.06. The molecule has 0 aliphatic heterocycles. The molecule has 0 aliphatic rings. The maximum Gasteiger partial charge on any atom is 0.320 e. The summed E-state index contributed by atoms with van der Waals surface area (Å²) in [5, 5.41) is 8.81. The van der Waals surface area contributed by atoms with Crippen molar-refractivity contribution in [2.75, 3.05) is 0 Å². The first-order valence-corrected chi connectivity index (χ1v) is 5.39. The molecule has 1 aromatic carbocycles. The van der Waals surface area contributed by atoms with Crippen molar-refractivity contribution in [2.45, 2.75) is 38.6 Å². The fraction of sp³-hybridized carbons (Fsp3) is 0.462. The van der Waals surface area contributed by atoms with Crippen LogP contribution in [0.3, 0.4) is 0 Å². The number of carbonyl (C=O) groups is 1. The van der Waals surface area contributed by atoms with Gasteiger partial charge >= 0.3 is 5.97 Å². The van der Waals surface area contributed by atoms with Gasteiger partial charge in [0, 0.05) is 0 Å².